The lowest BCUT2D eigenvalue weighted by atomic mass is 9.91. The molecule has 1 aliphatic rings. The van der Waals surface area contributed by atoms with Crippen molar-refractivity contribution in [2.24, 2.45) is 0 Å². The van der Waals surface area contributed by atoms with Gasteiger partial charge in [0, 0.05) is 50.4 Å². The number of piperidine rings is 1. The minimum Gasteiger partial charge on any atom is -0.492 e. The predicted molar refractivity (Wildman–Crippen MR) is 120 cm³/mol. The number of hydrogen-bond acceptors (Lipinski definition) is 7. The zero-order chi connectivity index (χ0) is 22.6. The first-order chi connectivity index (χ1) is 15.6. The van der Waals surface area contributed by atoms with Crippen LogP contribution in [0, 0.1) is 23.2 Å². The van der Waals surface area contributed by atoms with Crippen molar-refractivity contribution in [2.75, 3.05) is 38.3 Å². The lowest BCUT2D eigenvalue weighted by Gasteiger charge is -2.38. The third-order valence-corrected chi connectivity index (χ3v) is 5.76. The Morgan fingerprint density at radius 2 is 2.06 bits per heavy atom. The van der Waals surface area contributed by atoms with Crippen LogP contribution in [0.15, 0.2) is 36.8 Å². The maximum absolute atomic E-state index is 9.51. The molecule has 0 aromatic carbocycles. The summed E-state index contributed by atoms with van der Waals surface area (Å²) in [6.07, 6.45) is 6.63. The topological polar surface area (TPSA) is 95.9 Å². The number of nitriles is 1. The fourth-order valence-electron chi connectivity index (χ4n) is 4.05. The highest BCUT2D eigenvalue weighted by Gasteiger charge is 2.33. The second-order valence-corrected chi connectivity index (χ2v) is 7.54. The van der Waals surface area contributed by atoms with E-state index in [1.807, 2.05) is 31.3 Å². The van der Waals surface area contributed by atoms with E-state index in [0.29, 0.717) is 17.9 Å². The van der Waals surface area contributed by atoms with Crippen molar-refractivity contribution in [3.63, 3.8) is 0 Å². The minimum atomic E-state index is -0.514. The van der Waals surface area contributed by atoms with Crippen LogP contribution in [0.25, 0.3) is 16.6 Å². The van der Waals surface area contributed by atoms with Gasteiger partial charge >= 0.3 is 0 Å². The highest BCUT2D eigenvalue weighted by molar-refractivity contribution is 5.85. The van der Waals surface area contributed by atoms with Crippen LogP contribution in [0.4, 0.5) is 5.82 Å². The van der Waals surface area contributed by atoms with E-state index in [9.17, 15) is 5.26 Å². The third-order valence-electron chi connectivity index (χ3n) is 5.76. The molecule has 8 heteroatoms. The molecule has 32 heavy (non-hydrogen) atoms. The van der Waals surface area contributed by atoms with Crippen molar-refractivity contribution in [1.29, 1.82) is 5.26 Å². The highest BCUT2D eigenvalue weighted by Crippen LogP contribution is 2.32. The Morgan fingerprint density at radius 3 is 2.69 bits per heavy atom. The Hall–Kier alpha value is -3.59. The van der Waals surface area contributed by atoms with Crippen molar-refractivity contribution in [1.82, 2.24) is 14.6 Å². The molecule has 4 heterocycles. The van der Waals surface area contributed by atoms with Gasteiger partial charge in [-0.15, -0.1) is 0 Å². The highest BCUT2D eigenvalue weighted by atomic mass is 16.5. The third kappa shape index (κ3) is 4.11. The summed E-state index contributed by atoms with van der Waals surface area (Å²) < 4.78 is 13.0. The number of pyridine rings is 2. The molecule has 8 nitrogen and oxygen atoms in total. The van der Waals surface area contributed by atoms with Gasteiger partial charge in [-0.1, -0.05) is 11.8 Å². The van der Waals surface area contributed by atoms with Gasteiger partial charge in [0.25, 0.3) is 0 Å². The summed E-state index contributed by atoms with van der Waals surface area (Å²) in [6, 6.07) is 8.13. The summed E-state index contributed by atoms with van der Waals surface area (Å²) in [6.45, 7) is 3.81. The Balaban J connectivity index is 1.61. The molecule has 1 N–H and O–H groups in total. The Kier molecular flexibility index (Phi) is 6.27. The van der Waals surface area contributed by atoms with Crippen LogP contribution in [0.5, 0.6) is 5.75 Å². The summed E-state index contributed by atoms with van der Waals surface area (Å²) in [4.78, 5) is 6.89. The first kappa shape index (κ1) is 21.6. The summed E-state index contributed by atoms with van der Waals surface area (Å²) >= 11 is 0. The zero-order valence-corrected chi connectivity index (χ0v) is 18.2. The minimum absolute atomic E-state index is 0.166. The number of aromatic nitrogens is 3. The lowest BCUT2D eigenvalue weighted by Crippen LogP contribution is -2.45. The van der Waals surface area contributed by atoms with E-state index in [2.05, 4.69) is 27.9 Å². The van der Waals surface area contributed by atoms with Gasteiger partial charge in [0.15, 0.2) is 0 Å². The molecule has 3 aromatic heterocycles. The Morgan fingerprint density at radius 1 is 1.25 bits per heavy atom. The molecule has 4 rings (SSSR count). The number of rotatable bonds is 5. The maximum Gasteiger partial charge on any atom is 0.138 e. The molecule has 0 aliphatic carbocycles. The summed E-state index contributed by atoms with van der Waals surface area (Å²) in [5.41, 5.74) is 2.45. The number of hydrogen-bond donors (Lipinski definition) is 1. The molecule has 1 saturated heterocycles. The number of methoxy groups -OCH3 is 1. The van der Waals surface area contributed by atoms with Gasteiger partial charge in [0.1, 0.15) is 29.8 Å². The van der Waals surface area contributed by atoms with Crippen LogP contribution in [-0.4, -0.2) is 58.7 Å². The molecule has 164 valence electrons. The SMILES string of the molecule is CCOc1cc(-c2ccc(N3CCC(C#CCO)(OC)CC3)nc2)c2c(C#N)cnn2c1. The quantitative estimate of drug-likeness (QED) is 0.621. The average Bonchev–Trinajstić information content (AvgIpc) is 3.26. The van der Waals surface area contributed by atoms with Gasteiger partial charge in [-0.2, -0.15) is 10.4 Å². The molecule has 1 aliphatic heterocycles. The van der Waals surface area contributed by atoms with E-state index in [1.54, 1.807) is 24.0 Å². The fraction of sp³-hybridized carbons (Fsp3) is 0.375. The first-order valence-corrected chi connectivity index (χ1v) is 10.5. The summed E-state index contributed by atoms with van der Waals surface area (Å²) in [7, 11) is 1.66. The van der Waals surface area contributed by atoms with E-state index in [4.69, 9.17) is 19.6 Å². The zero-order valence-electron chi connectivity index (χ0n) is 18.2. The van der Waals surface area contributed by atoms with E-state index < -0.39 is 5.60 Å². The molecular weight excluding hydrogens is 406 g/mol. The van der Waals surface area contributed by atoms with Gasteiger partial charge in [-0.25, -0.2) is 9.50 Å². The predicted octanol–water partition coefficient (Wildman–Crippen LogP) is 2.65. The molecule has 0 unspecified atom stereocenters. The monoisotopic (exact) mass is 431 g/mol. The normalized spacial score (nSPS) is 15.1. The number of aliphatic hydroxyl groups is 1. The number of anilines is 1. The largest absolute Gasteiger partial charge is 0.492 e. The van der Waals surface area contributed by atoms with Gasteiger partial charge in [-0.05, 0) is 25.1 Å². The Bertz CT molecular complexity index is 1190. The molecular formula is C24H25N5O3. The molecule has 1 fully saturated rings. The van der Waals surface area contributed by atoms with Crippen LogP contribution >= 0.6 is 0 Å². The molecule has 0 saturated carbocycles. The van der Waals surface area contributed by atoms with E-state index >= 15 is 0 Å². The first-order valence-electron chi connectivity index (χ1n) is 10.5. The number of nitrogens with zero attached hydrogens (tertiary/aromatic N) is 5. The van der Waals surface area contributed by atoms with Crippen LogP contribution in [0.3, 0.4) is 0 Å². The van der Waals surface area contributed by atoms with Crippen LogP contribution in [-0.2, 0) is 4.74 Å². The van der Waals surface area contributed by atoms with E-state index in [1.165, 1.54) is 0 Å². The van der Waals surface area contributed by atoms with Crippen LogP contribution in [0.1, 0.15) is 25.3 Å². The van der Waals surface area contributed by atoms with Gasteiger partial charge in [-0.3, -0.25) is 0 Å². The maximum atomic E-state index is 9.51. The van der Waals surface area contributed by atoms with Crippen molar-refractivity contribution in [3.05, 3.63) is 42.4 Å². The smallest absolute Gasteiger partial charge is 0.138 e. The molecule has 3 aromatic rings. The van der Waals surface area contributed by atoms with E-state index in [-0.39, 0.29) is 6.61 Å². The molecule has 0 amide bonds. The molecule has 0 spiro atoms. The fourth-order valence-corrected chi connectivity index (χ4v) is 4.05. The summed E-state index contributed by atoms with van der Waals surface area (Å²) in [5.74, 6) is 7.35. The van der Waals surface area contributed by atoms with Crippen molar-refractivity contribution in [2.45, 2.75) is 25.4 Å². The van der Waals surface area contributed by atoms with Crippen LogP contribution in [0.2, 0.25) is 0 Å². The van der Waals surface area contributed by atoms with E-state index in [0.717, 1.165) is 48.4 Å². The van der Waals surface area contributed by atoms with Crippen molar-refractivity contribution < 1.29 is 14.6 Å². The van der Waals surface area contributed by atoms with Crippen molar-refractivity contribution >= 4 is 11.3 Å². The second-order valence-electron chi connectivity index (χ2n) is 7.54. The van der Waals surface area contributed by atoms with Gasteiger partial charge in [0.05, 0.1) is 30.1 Å². The molecule has 0 atom stereocenters. The second kappa shape index (κ2) is 9.27. The number of aliphatic hydroxyl groups excluding tert-OH is 1. The van der Waals surface area contributed by atoms with Crippen LogP contribution < -0.4 is 9.64 Å². The number of fused-ring (bicyclic) bond motifs is 1. The molecule has 0 radical (unpaired) electrons. The number of ether oxygens (including phenoxy) is 2. The van der Waals surface area contributed by atoms with Crippen molar-refractivity contribution in [3.8, 4) is 34.8 Å². The van der Waals surface area contributed by atoms with Gasteiger partial charge < -0.3 is 19.5 Å². The van der Waals surface area contributed by atoms with Gasteiger partial charge in [0.2, 0.25) is 0 Å². The average molecular weight is 431 g/mol. The summed E-state index contributed by atoms with van der Waals surface area (Å²) in [5, 5.41) is 22.8. The standard InChI is InChI=1S/C24H25N5O3/c1-3-32-20-13-21(23-19(14-25)16-27-29(23)17-20)18-5-6-22(26-15-18)28-10-8-24(31-2,9-11-28)7-4-12-30/h5-6,13,15-17,30H,3,8-12H2,1-2H3. The lowest BCUT2D eigenvalue weighted by molar-refractivity contribution is 0.0205. The Labute approximate surface area is 187 Å². The molecule has 0 bridgehead atoms.